The standard InChI is InChI=1S/C14H16ClN3O/c1-9-5-12(15)6-10(2)14(9)19-8-11-3-4-17-13(7-11)18-16/h3-7H,8,16H2,1-2H3,(H,17,18). The van der Waals surface area contributed by atoms with E-state index >= 15 is 0 Å². The van der Waals surface area contributed by atoms with Crippen molar-refractivity contribution in [1.29, 1.82) is 0 Å². The fourth-order valence-electron chi connectivity index (χ4n) is 1.92. The van der Waals surface area contributed by atoms with Gasteiger partial charge in [0.1, 0.15) is 18.2 Å². The summed E-state index contributed by atoms with van der Waals surface area (Å²) in [5.74, 6) is 6.80. The van der Waals surface area contributed by atoms with Crippen molar-refractivity contribution in [2.45, 2.75) is 20.5 Å². The predicted octanol–water partition coefficient (Wildman–Crippen LogP) is 3.22. The number of anilines is 1. The van der Waals surface area contributed by atoms with Crippen molar-refractivity contribution in [3.8, 4) is 5.75 Å². The van der Waals surface area contributed by atoms with Crippen LogP contribution in [-0.4, -0.2) is 4.98 Å². The van der Waals surface area contributed by atoms with E-state index in [1.54, 1.807) is 6.20 Å². The van der Waals surface area contributed by atoms with E-state index in [9.17, 15) is 0 Å². The molecule has 5 heteroatoms. The summed E-state index contributed by atoms with van der Waals surface area (Å²) in [5, 5.41) is 0.723. The van der Waals surface area contributed by atoms with Gasteiger partial charge in [-0.25, -0.2) is 10.8 Å². The van der Waals surface area contributed by atoms with Crippen LogP contribution in [-0.2, 0) is 6.61 Å². The van der Waals surface area contributed by atoms with Crippen LogP contribution < -0.4 is 16.0 Å². The van der Waals surface area contributed by atoms with Gasteiger partial charge in [0.2, 0.25) is 0 Å². The predicted molar refractivity (Wildman–Crippen MR) is 77.3 cm³/mol. The molecule has 2 aromatic rings. The largest absolute Gasteiger partial charge is 0.488 e. The van der Waals surface area contributed by atoms with E-state index in [-0.39, 0.29) is 0 Å². The number of aromatic nitrogens is 1. The summed E-state index contributed by atoms with van der Waals surface area (Å²) in [6, 6.07) is 7.52. The smallest absolute Gasteiger partial charge is 0.140 e. The Bertz CT molecular complexity index is 564. The Balaban J connectivity index is 2.14. The molecule has 1 aromatic heterocycles. The third-order valence-electron chi connectivity index (χ3n) is 2.78. The van der Waals surface area contributed by atoms with Crippen molar-refractivity contribution in [2.75, 3.05) is 5.43 Å². The van der Waals surface area contributed by atoms with E-state index in [2.05, 4.69) is 10.4 Å². The van der Waals surface area contributed by atoms with Crippen LogP contribution in [0, 0.1) is 13.8 Å². The van der Waals surface area contributed by atoms with Gasteiger partial charge in [-0.15, -0.1) is 0 Å². The second-order valence-electron chi connectivity index (χ2n) is 4.35. The Hall–Kier alpha value is -1.78. The lowest BCUT2D eigenvalue weighted by Gasteiger charge is -2.13. The Kier molecular flexibility index (Phi) is 4.24. The third-order valence-corrected chi connectivity index (χ3v) is 3.00. The quantitative estimate of drug-likeness (QED) is 0.665. The molecule has 100 valence electrons. The molecule has 0 bridgehead atoms. The molecule has 0 aliphatic rings. The van der Waals surface area contributed by atoms with Gasteiger partial charge in [0.25, 0.3) is 0 Å². The van der Waals surface area contributed by atoms with Crippen LogP contribution in [0.4, 0.5) is 5.82 Å². The normalized spacial score (nSPS) is 10.3. The van der Waals surface area contributed by atoms with Gasteiger partial charge in [-0.2, -0.15) is 0 Å². The summed E-state index contributed by atoms with van der Waals surface area (Å²) in [4.78, 5) is 4.05. The van der Waals surface area contributed by atoms with Gasteiger partial charge in [0.05, 0.1) is 0 Å². The molecular weight excluding hydrogens is 262 g/mol. The van der Waals surface area contributed by atoms with Crippen LogP contribution >= 0.6 is 11.6 Å². The van der Waals surface area contributed by atoms with E-state index in [0.29, 0.717) is 12.4 Å². The second-order valence-corrected chi connectivity index (χ2v) is 4.79. The summed E-state index contributed by atoms with van der Waals surface area (Å²) in [7, 11) is 0. The zero-order valence-corrected chi connectivity index (χ0v) is 11.7. The molecule has 0 saturated carbocycles. The summed E-state index contributed by atoms with van der Waals surface area (Å²) in [6.07, 6.45) is 1.69. The summed E-state index contributed by atoms with van der Waals surface area (Å²) >= 11 is 5.99. The first-order valence-corrected chi connectivity index (χ1v) is 6.29. The lowest BCUT2D eigenvalue weighted by Crippen LogP contribution is -2.09. The molecule has 1 heterocycles. The van der Waals surface area contributed by atoms with Crippen molar-refractivity contribution in [1.82, 2.24) is 4.98 Å². The molecule has 2 rings (SSSR count). The van der Waals surface area contributed by atoms with Crippen molar-refractivity contribution < 1.29 is 4.74 Å². The van der Waals surface area contributed by atoms with Gasteiger partial charge in [0, 0.05) is 11.2 Å². The highest BCUT2D eigenvalue weighted by molar-refractivity contribution is 6.30. The number of nitrogens with two attached hydrogens (primary N) is 1. The number of nitrogens with one attached hydrogen (secondary N) is 1. The molecule has 0 fully saturated rings. The maximum Gasteiger partial charge on any atom is 0.140 e. The molecule has 3 N–H and O–H groups in total. The van der Waals surface area contributed by atoms with Crippen molar-refractivity contribution in [3.05, 3.63) is 52.2 Å². The van der Waals surface area contributed by atoms with E-state index < -0.39 is 0 Å². The zero-order chi connectivity index (χ0) is 13.8. The first-order valence-electron chi connectivity index (χ1n) is 5.91. The summed E-state index contributed by atoms with van der Waals surface area (Å²) < 4.78 is 5.85. The first-order chi connectivity index (χ1) is 9.10. The number of halogens is 1. The number of nitrogens with zero attached hydrogens (tertiary/aromatic N) is 1. The van der Waals surface area contributed by atoms with E-state index in [4.69, 9.17) is 22.2 Å². The molecule has 4 nitrogen and oxygen atoms in total. The molecule has 1 aromatic carbocycles. The molecule has 0 aliphatic carbocycles. The van der Waals surface area contributed by atoms with Crippen LogP contribution in [0.2, 0.25) is 5.02 Å². The Morgan fingerprint density at radius 1 is 1.26 bits per heavy atom. The molecule has 0 unspecified atom stereocenters. The second kappa shape index (κ2) is 5.91. The summed E-state index contributed by atoms with van der Waals surface area (Å²) in [5.41, 5.74) is 5.56. The van der Waals surface area contributed by atoms with Crippen LogP contribution in [0.3, 0.4) is 0 Å². The highest BCUT2D eigenvalue weighted by Gasteiger charge is 2.06. The minimum absolute atomic E-state index is 0.459. The minimum Gasteiger partial charge on any atom is -0.488 e. The van der Waals surface area contributed by atoms with Gasteiger partial charge in [-0.05, 0) is 54.8 Å². The fraction of sp³-hybridized carbons (Fsp3) is 0.214. The number of nitrogen functional groups attached to an aromatic ring is 1. The van der Waals surface area contributed by atoms with E-state index in [1.807, 2.05) is 38.1 Å². The Morgan fingerprint density at radius 2 is 1.95 bits per heavy atom. The minimum atomic E-state index is 0.459. The Labute approximate surface area is 117 Å². The first kappa shape index (κ1) is 13.6. The number of hydrogen-bond acceptors (Lipinski definition) is 4. The monoisotopic (exact) mass is 277 g/mol. The van der Waals surface area contributed by atoms with Gasteiger partial charge >= 0.3 is 0 Å². The molecule has 0 saturated heterocycles. The maximum atomic E-state index is 5.99. The van der Waals surface area contributed by atoms with E-state index in [1.165, 1.54) is 0 Å². The van der Waals surface area contributed by atoms with Gasteiger partial charge in [-0.1, -0.05) is 11.6 Å². The number of aryl methyl sites for hydroxylation is 2. The molecule has 0 radical (unpaired) electrons. The number of hydrogen-bond donors (Lipinski definition) is 2. The van der Waals surface area contributed by atoms with Crippen LogP contribution in [0.25, 0.3) is 0 Å². The van der Waals surface area contributed by atoms with Gasteiger partial charge < -0.3 is 10.2 Å². The molecule has 0 aliphatic heterocycles. The van der Waals surface area contributed by atoms with Gasteiger partial charge in [-0.3, -0.25) is 0 Å². The van der Waals surface area contributed by atoms with Crippen LogP contribution in [0.15, 0.2) is 30.5 Å². The SMILES string of the molecule is Cc1cc(Cl)cc(C)c1OCc1ccnc(NN)c1. The zero-order valence-electron chi connectivity index (χ0n) is 10.9. The molecule has 0 atom stereocenters. The highest BCUT2D eigenvalue weighted by atomic mass is 35.5. The van der Waals surface area contributed by atoms with Crippen molar-refractivity contribution >= 4 is 17.4 Å². The topological polar surface area (TPSA) is 60.2 Å². The Morgan fingerprint density at radius 3 is 2.58 bits per heavy atom. The fourth-order valence-corrected chi connectivity index (χ4v) is 2.25. The number of benzene rings is 1. The number of ether oxygens (including phenoxy) is 1. The molecular formula is C14H16ClN3O. The molecule has 0 amide bonds. The highest BCUT2D eigenvalue weighted by Crippen LogP contribution is 2.27. The number of hydrazine groups is 1. The van der Waals surface area contributed by atoms with E-state index in [0.717, 1.165) is 27.5 Å². The van der Waals surface area contributed by atoms with Gasteiger partial charge in [0.15, 0.2) is 0 Å². The van der Waals surface area contributed by atoms with Crippen molar-refractivity contribution in [3.63, 3.8) is 0 Å². The third kappa shape index (κ3) is 3.36. The molecule has 0 spiro atoms. The lowest BCUT2D eigenvalue weighted by molar-refractivity contribution is 0.302. The average molecular weight is 278 g/mol. The van der Waals surface area contributed by atoms with Crippen LogP contribution in [0.5, 0.6) is 5.75 Å². The number of rotatable bonds is 4. The maximum absolute atomic E-state index is 5.99. The van der Waals surface area contributed by atoms with Crippen LogP contribution in [0.1, 0.15) is 16.7 Å². The average Bonchev–Trinajstić information content (AvgIpc) is 2.37. The number of pyridine rings is 1. The van der Waals surface area contributed by atoms with Crippen molar-refractivity contribution in [2.24, 2.45) is 5.84 Å². The molecule has 19 heavy (non-hydrogen) atoms. The summed E-state index contributed by atoms with van der Waals surface area (Å²) in [6.45, 7) is 4.42. The lowest BCUT2D eigenvalue weighted by atomic mass is 10.1.